The zero-order valence-electron chi connectivity index (χ0n) is 12.7. The van der Waals surface area contributed by atoms with E-state index >= 15 is 0 Å². The number of thiophene rings is 1. The van der Waals surface area contributed by atoms with Crippen LogP contribution in [0.3, 0.4) is 0 Å². The number of aryl methyl sites for hydroxylation is 1. The Bertz CT molecular complexity index is 698. The first-order valence-corrected chi connectivity index (χ1v) is 8.51. The predicted octanol–water partition coefficient (Wildman–Crippen LogP) is 3.05. The molecular formula is C17H19N3O2S. The molecule has 0 unspecified atom stereocenters. The van der Waals surface area contributed by atoms with Gasteiger partial charge < -0.3 is 14.9 Å². The van der Waals surface area contributed by atoms with Crippen LogP contribution in [0.2, 0.25) is 0 Å². The second kappa shape index (κ2) is 8.01. The summed E-state index contributed by atoms with van der Waals surface area (Å²) in [6, 6.07) is 13.6. The summed E-state index contributed by atoms with van der Waals surface area (Å²) in [5.41, 5.74) is 0.928. The molecule has 6 heteroatoms. The maximum Gasteiger partial charge on any atom is 0.227 e. The predicted molar refractivity (Wildman–Crippen MR) is 90.2 cm³/mol. The second-order valence-corrected chi connectivity index (χ2v) is 6.17. The highest BCUT2D eigenvalue weighted by atomic mass is 32.1. The Morgan fingerprint density at radius 1 is 1.17 bits per heavy atom. The van der Waals surface area contributed by atoms with Crippen molar-refractivity contribution in [2.45, 2.75) is 18.9 Å². The average Bonchev–Trinajstić information content (AvgIpc) is 3.26. The number of aliphatic hydroxyl groups excluding tert-OH is 1. The van der Waals surface area contributed by atoms with Gasteiger partial charge in [-0.1, -0.05) is 41.6 Å². The molecule has 3 aromatic rings. The first-order chi connectivity index (χ1) is 11.3. The van der Waals surface area contributed by atoms with E-state index in [1.165, 1.54) is 0 Å². The van der Waals surface area contributed by atoms with Gasteiger partial charge >= 0.3 is 0 Å². The molecule has 1 aromatic carbocycles. The van der Waals surface area contributed by atoms with Gasteiger partial charge in [0.1, 0.15) is 0 Å². The van der Waals surface area contributed by atoms with E-state index in [-0.39, 0.29) is 0 Å². The number of aliphatic hydroxyl groups is 1. The molecule has 0 bridgehead atoms. The maximum atomic E-state index is 10.0. The highest BCUT2D eigenvalue weighted by Crippen LogP contribution is 2.21. The van der Waals surface area contributed by atoms with Crippen molar-refractivity contribution in [1.82, 2.24) is 15.5 Å². The Balaban J connectivity index is 1.37. The topological polar surface area (TPSA) is 71.2 Å². The van der Waals surface area contributed by atoms with Crippen LogP contribution in [0.5, 0.6) is 0 Å². The van der Waals surface area contributed by atoms with Crippen molar-refractivity contribution in [3.63, 3.8) is 0 Å². The Morgan fingerprint density at radius 3 is 2.83 bits per heavy atom. The molecule has 0 saturated heterocycles. The summed E-state index contributed by atoms with van der Waals surface area (Å²) in [5.74, 6) is 1.31. The lowest BCUT2D eigenvalue weighted by atomic mass is 10.1. The molecule has 0 spiro atoms. The lowest BCUT2D eigenvalue weighted by Gasteiger charge is -2.11. The summed E-state index contributed by atoms with van der Waals surface area (Å²) in [4.78, 5) is 5.41. The van der Waals surface area contributed by atoms with Gasteiger partial charge in [0.2, 0.25) is 11.7 Å². The minimum atomic E-state index is -0.481. The zero-order valence-corrected chi connectivity index (χ0v) is 13.5. The van der Waals surface area contributed by atoms with Crippen molar-refractivity contribution >= 4 is 11.3 Å². The third-order valence-electron chi connectivity index (χ3n) is 3.48. The molecule has 1 atom stereocenters. The van der Waals surface area contributed by atoms with E-state index in [4.69, 9.17) is 4.52 Å². The molecule has 0 fully saturated rings. The van der Waals surface area contributed by atoms with Gasteiger partial charge in [0, 0.05) is 13.0 Å². The molecule has 0 aliphatic rings. The summed E-state index contributed by atoms with van der Waals surface area (Å²) in [6.07, 6.45) is 1.13. The normalized spacial score (nSPS) is 12.4. The Morgan fingerprint density at radius 2 is 2.04 bits per heavy atom. The molecule has 5 nitrogen and oxygen atoms in total. The number of nitrogens with zero attached hydrogens (tertiary/aromatic N) is 2. The van der Waals surface area contributed by atoms with Crippen LogP contribution >= 0.6 is 11.3 Å². The van der Waals surface area contributed by atoms with Crippen LogP contribution in [0.4, 0.5) is 0 Å². The summed E-state index contributed by atoms with van der Waals surface area (Å²) < 4.78 is 5.25. The van der Waals surface area contributed by atoms with Gasteiger partial charge in [0.25, 0.3) is 0 Å². The van der Waals surface area contributed by atoms with Gasteiger partial charge in [-0.15, -0.1) is 11.3 Å². The summed E-state index contributed by atoms with van der Waals surface area (Å²) in [5, 5.41) is 19.3. The maximum absolute atomic E-state index is 10.0. The molecular weight excluding hydrogens is 310 g/mol. The van der Waals surface area contributed by atoms with Crippen LogP contribution in [0.15, 0.2) is 52.4 Å². The van der Waals surface area contributed by atoms with Crippen molar-refractivity contribution in [3.8, 4) is 10.7 Å². The Labute approximate surface area is 139 Å². The first kappa shape index (κ1) is 15.9. The summed E-state index contributed by atoms with van der Waals surface area (Å²) in [7, 11) is 0. The van der Waals surface area contributed by atoms with Crippen LogP contribution in [0.25, 0.3) is 10.7 Å². The van der Waals surface area contributed by atoms with E-state index in [9.17, 15) is 5.11 Å². The molecule has 23 heavy (non-hydrogen) atoms. The molecule has 0 radical (unpaired) electrons. The van der Waals surface area contributed by atoms with Crippen LogP contribution in [0, 0.1) is 0 Å². The van der Waals surface area contributed by atoms with E-state index in [1.807, 2.05) is 47.8 Å². The summed E-state index contributed by atoms with van der Waals surface area (Å²) >= 11 is 1.60. The van der Waals surface area contributed by atoms with Crippen LogP contribution in [-0.4, -0.2) is 28.3 Å². The van der Waals surface area contributed by atoms with E-state index in [1.54, 1.807) is 11.3 Å². The van der Waals surface area contributed by atoms with Crippen LogP contribution in [0.1, 0.15) is 24.0 Å². The van der Waals surface area contributed by atoms with Gasteiger partial charge in [-0.25, -0.2) is 0 Å². The molecule has 0 aliphatic carbocycles. The third-order valence-corrected chi connectivity index (χ3v) is 4.34. The van der Waals surface area contributed by atoms with E-state index in [2.05, 4.69) is 15.5 Å². The van der Waals surface area contributed by atoms with Crippen molar-refractivity contribution < 1.29 is 9.63 Å². The second-order valence-electron chi connectivity index (χ2n) is 5.22. The number of hydrogen-bond acceptors (Lipinski definition) is 6. The lowest BCUT2D eigenvalue weighted by molar-refractivity contribution is 0.174. The summed E-state index contributed by atoms with van der Waals surface area (Å²) in [6.45, 7) is 1.33. The monoisotopic (exact) mass is 329 g/mol. The largest absolute Gasteiger partial charge is 0.387 e. The fourth-order valence-corrected chi connectivity index (χ4v) is 2.91. The number of hydrogen-bond donors (Lipinski definition) is 2. The fourth-order valence-electron chi connectivity index (χ4n) is 2.26. The van der Waals surface area contributed by atoms with Crippen LogP contribution < -0.4 is 5.32 Å². The number of nitrogens with one attached hydrogen (secondary N) is 1. The molecule has 2 N–H and O–H groups in total. The fraction of sp³-hybridized carbons (Fsp3) is 0.294. The zero-order chi connectivity index (χ0) is 15.9. The molecule has 2 heterocycles. The highest BCUT2D eigenvalue weighted by molar-refractivity contribution is 7.13. The Kier molecular flexibility index (Phi) is 5.52. The van der Waals surface area contributed by atoms with E-state index in [0.29, 0.717) is 18.3 Å². The van der Waals surface area contributed by atoms with Crippen molar-refractivity contribution in [2.75, 3.05) is 13.1 Å². The van der Waals surface area contributed by atoms with Gasteiger partial charge in [0.05, 0.1) is 11.0 Å². The minimum absolute atomic E-state index is 0.481. The smallest absolute Gasteiger partial charge is 0.227 e. The van der Waals surface area contributed by atoms with Crippen molar-refractivity contribution in [2.24, 2.45) is 0 Å². The minimum Gasteiger partial charge on any atom is -0.387 e. The molecule has 0 saturated carbocycles. The van der Waals surface area contributed by atoms with Gasteiger partial charge in [-0.3, -0.25) is 0 Å². The van der Waals surface area contributed by atoms with Gasteiger partial charge in [-0.2, -0.15) is 4.98 Å². The average molecular weight is 329 g/mol. The standard InChI is InChI=1S/C17H19N3O2S/c21-14(13-6-2-1-3-7-13)12-18-10-4-9-16-19-17(20-22-16)15-8-5-11-23-15/h1-3,5-8,11,14,18,21H,4,9-10,12H2/t14-/m0/s1. The number of benzene rings is 1. The quantitative estimate of drug-likeness (QED) is 0.622. The number of aromatic nitrogens is 2. The molecule has 0 aliphatic heterocycles. The molecule has 2 aromatic heterocycles. The molecule has 3 rings (SSSR count). The SMILES string of the molecule is O[C@@H](CNCCCc1nc(-c2cccs2)no1)c1ccccc1. The van der Waals surface area contributed by atoms with E-state index < -0.39 is 6.10 Å². The van der Waals surface area contributed by atoms with E-state index in [0.717, 1.165) is 29.8 Å². The van der Waals surface area contributed by atoms with Crippen molar-refractivity contribution in [3.05, 3.63) is 59.3 Å². The molecule has 120 valence electrons. The lowest BCUT2D eigenvalue weighted by Crippen LogP contribution is -2.22. The van der Waals surface area contributed by atoms with Crippen LogP contribution in [-0.2, 0) is 6.42 Å². The van der Waals surface area contributed by atoms with Crippen molar-refractivity contribution in [1.29, 1.82) is 0 Å². The van der Waals surface area contributed by atoms with Gasteiger partial charge in [-0.05, 0) is 30.0 Å². The number of rotatable bonds is 8. The molecule has 0 amide bonds. The van der Waals surface area contributed by atoms with Gasteiger partial charge in [0.15, 0.2) is 0 Å². The highest BCUT2D eigenvalue weighted by Gasteiger charge is 2.09. The third kappa shape index (κ3) is 4.48. The first-order valence-electron chi connectivity index (χ1n) is 7.63. The Hall–Kier alpha value is -2.02.